The highest BCUT2D eigenvalue weighted by Crippen LogP contribution is 2.45. The maximum Gasteiger partial charge on any atom is 0.422 e. The van der Waals surface area contributed by atoms with Gasteiger partial charge in [-0.3, -0.25) is 0 Å². The molecule has 2 aromatic rings. The van der Waals surface area contributed by atoms with Crippen molar-refractivity contribution in [2.75, 3.05) is 70.5 Å². The Kier molecular flexibility index (Phi) is 11.0. The fourth-order valence-electron chi connectivity index (χ4n) is 6.19. The van der Waals surface area contributed by atoms with Crippen LogP contribution in [-0.4, -0.2) is 109 Å². The van der Waals surface area contributed by atoms with Crippen molar-refractivity contribution in [1.29, 1.82) is 0 Å². The second kappa shape index (κ2) is 14.3. The fourth-order valence-corrected chi connectivity index (χ4v) is 7.16. The number of halogens is 5. The molecule has 3 fully saturated rings. The van der Waals surface area contributed by atoms with Gasteiger partial charge >= 0.3 is 18.3 Å². The Morgan fingerprint density at radius 3 is 2.39 bits per heavy atom. The molecule has 0 atom stereocenters. The number of carbonyl (C=O) groups excluding carboxylic acids is 1. The van der Waals surface area contributed by atoms with E-state index in [1.165, 1.54) is 0 Å². The quantitative estimate of drug-likeness (QED) is 0.204. The first kappa shape index (κ1) is 35.5. The van der Waals surface area contributed by atoms with Gasteiger partial charge in [-0.2, -0.15) is 23.1 Å². The highest BCUT2D eigenvalue weighted by molar-refractivity contribution is 14.1. The Bertz CT molecular complexity index is 1390. The molecule has 0 aliphatic carbocycles. The number of amides is 1. The number of rotatable bonds is 9. The van der Waals surface area contributed by atoms with Crippen LogP contribution in [-0.2, 0) is 9.47 Å². The normalized spacial score (nSPS) is 19.4. The summed E-state index contributed by atoms with van der Waals surface area (Å²) < 4.78 is 63.6. The second-order valence-electron chi connectivity index (χ2n) is 13.3. The Hall–Kier alpha value is -1.85. The highest BCUT2D eigenvalue weighted by atomic mass is 127. The summed E-state index contributed by atoms with van der Waals surface area (Å²) in [6.45, 7) is 12.6. The molecule has 3 saturated heterocycles. The zero-order valence-electron chi connectivity index (χ0n) is 26.7. The molecule has 0 saturated carbocycles. The molecule has 15 heteroatoms. The van der Waals surface area contributed by atoms with E-state index >= 15 is 0 Å². The predicted octanol–water partition coefficient (Wildman–Crippen LogP) is 6.66. The van der Waals surface area contributed by atoms with Crippen LogP contribution in [0.3, 0.4) is 0 Å². The third kappa shape index (κ3) is 8.78. The van der Waals surface area contributed by atoms with E-state index in [1.807, 2.05) is 33.8 Å². The number of likely N-dealkylation sites (tertiary alicyclic amines) is 2. The van der Waals surface area contributed by atoms with Crippen molar-refractivity contribution in [3.63, 3.8) is 0 Å². The predicted molar refractivity (Wildman–Crippen MR) is 180 cm³/mol. The average Bonchev–Trinajstić information content (AvgIpc) is 2.96. The van der Waals surface area contributed by atoms with Crippen LogP contribution in [0.4, 0.5) is 23.8 Å². The number of fused-ring (bicyclic) bond motifs is 1. The van der Waals surface area contributed by atoms with Gasteiger partial charge in [0.15, 0.2) is 12.4 Å². The maximum absolute atomic E-state index is 13.3. The van der Waals surface area contributed by atoms with Crippen LogP contribution >= 0.6 is 38.5 Å². The number of anilines is 1. The van der Waals surface area contributed by atoms with Crippen LogP contribution in [0.1, 0.15) is 53.4 Å². The number of nitrogens with zero attached hydrogens (tertiary/aromatic N) is 5. The largest absolute Gasteiger partial charge is 0.481 e. The molecule has 0 bridgehead atoms. The Balaban J connectivity index is 1.37. The fraction of sp³-hybridized carbons (Fsp3) is 0.710. The Morgan fingerprint density at radius 2 is 1.78 bits per heavy atom. The SMILES string of the molecule is CCOCCN1CCC(Oc2nc(N3CCC4(CC3)CN(C(=O)OC(C)(C)C)C4)c3cc(I)c(Br)c(OCC(F)(F)F)c3n2)CC1. The lowest BCUT2D eigenvalue weighted by Crippen LogP contribution is -2.62. The van der Waals surface area contributed by atoms with E-state index in [2.05, 4.69) is 53.3 Å². The molecule has 0 N–H and O–H groups in total. The zero-order chi connectivity index (χ0) is 33.3. The maximum atomic E-state index is 13.3. The van der Waals surface area contributed by atoms with E-state index in [-0.39, 0.29) is 34.9 Å². The molecular weight excluding hydrogens is 786 g/mol. The van der Waals surface area contributed by atoms with Gasteiger partial charge in [-0.05, 0) is 98.0 Å². The lowest BCUT2D eigenvalue weighted by molar-refractivity contribution is -0.153. The standard InChI is InChI=1S/C31H42BrF3IN5O5/c1-5-43-15-14-39-10-6-20(7-11-39)45-27-37-24-21(16-22(36)23(32)25(24)44-19-31(33,34)35)26(38-27)40-12-8-30(9-13-40)17-41(18-30)28(42)46-29(2,3)4/h16,20H,5-15,17-19H2,1-4H3. The van der Waals surface area contributed by atoms with Gasteiger partial charge < -0.3 is 33.6 Å². The van der Waals surface area contributed by atoms with Gasteiger partial charge in [0, 0.05) is 66.8 Å². The number of benzene rings is 1. The molecule has 0 unspecified atom stereocenters. The van der Waals surface area contributed by atoms with Gasteiger partial charge in [0.1, 0.15) is 23.0 Å². The van der Waals surface area contributed by atoms with Gasteiger partial charge in [0.2, 0.25) is 0 Å². The summed E-state index contributed by atoms with van der Waals surface area (Å²) in [5.74, 6) is 0.619. The van der Waals surface area contributed by atoms with Gasteiger partial charge in [0.05, 0.1) is 11.1 Å². The smallest absolute Gasteiger partial charge is 0.422 e. The van der Waals surface area contributed by atoms with Crippen molar-refractivity contribution >= 4 is 61.3 Å². The van der Waals surface area contributed by atoms with E-state index in [0.717, 1.165) is 45.3 Å². The van der Waals surface area contributed by atoms with Crippen LogP contribution in [0.15, 0.2) is 10.5 Å². The average molecular weight is 829 g/mol. The van der Waals surface area contributed by atoms with E-state index in [4.69, 9.17) is 23.9 Å². The molecule has 46 heavy (non-hydrogen) atoms. The van der Waals surface area contributed by atoms with E-state index in [9.17, 15) is 18.0 Å². The Labute approximate surface area is 289 Å². The lowest BCUT2D eigenvalue weighted by Gasteiger charge is -2.53. The summed E-state index contributed by atoms with van der Waals surface area (Å²) in [5.41, 5.74) is -0.275. The third-order valence-electron chi connectivity index (χ3n) is 8.57. The number of hydrogen-bond acceptors (Lipinski definition) is 9. The summed E-state index contributed by atoms with van der Waals surface area (Å²) in [7, 11) is 0. The van der Waals surface area contributed by atoms with Crippen molar-refractivity contribution in [3.05, 3.63) is 14.1 Å². The van der Waals surface area contributed by atoms with Crippen LogP contribution < -0.4 is 14.4 Å². The first-order valence-electron chi connectivity index (χ1n) is 15.7. The van der Waals surface area contributed by atoms with Gasteiger partial charge in [-0.25, -0.2) is 4.79 Å². The molecule has 256 valence electrons. The molecule has 1 amide bonds. The summed E-state index contributed by atoms with van der Waals surface area (Å²) in [6.07, 6.45) is -1.73. The van der Waals surface area contributed by atoms with Crippen molar-refractivity contribution in [1.82, 2.24) is 19.8 Å². The van der Waals surface area contributed by atoms with Gasteiger partial charge in [-0.15, -0.1) is 0 Å². The molecule has 10 nitrogen and oxygen atoms in total. The summed E-state index contributed by atoms with van der Waals surface area (Å²) in [4.78, 5) is 28.3. The molecule has 4 heterocycles. The number of alkyl halides is 3. The summed E-state index contributed by atoms with van der Waals surface area (Å²) in [6, 6.07) is 1.99. The van der Waals surface area contributed by atoms with Gasteiger partial charge in [0.25, 0.3) is 0 Å². The molecule has 3 aliphatic rings. The van der Waals surface area contributed by atoms with Crippen molar-refractivity contribution in [2.45, 2.75) is 71.3 Å². The number of ether oxygens (including phenoxy) is 4. The monoisotopic (exact) mass is 827 g/mol. The molecule has 1 aromatic carbocycles. The minimum atomic E-state index is -4.52. The number of hydrogen-bond donors (Lipinski definition) is 0. The van der Waals surface area contributed by atoms with E-state index in [0.29, 0.717) is 58.6 Å². The van der Waals surface area contributed by atoms with Crippen molar-refractivity contribution < 1.29 is 36.9 Å². The molecule has 5 rings (SSSR count). The van der Waals surface area contributed by atoms with Crippen molar-refractivity contribution in [2.24, 2.45) is 5.41 Å². The lowest BCUT2D eigenvalue weighted by atomic mass is 9.72. The first-order valence-corrected chi connectivity index (χ1v) is 17.6. The third-order valence-corrected chi connectivity index (χ3v) is 11.0. The van der Waals surface area contributed by atoms with E-state index < -0.39 is 18.4 Å². The minimum Gasteiger partial charge on any atom is -0.481 e. The number of aromatic nitrogens is 2. The minimum absolute atomic E-state index is 0.00411. The van der Waals surface area contributed by atoms with Crippen LogP contribution in [0.2, 0.25) is 0 Å². The first-order chi connectivity index (χ1) is 21.7. The Morgan fingerprint density at radius 1 is 1.11 bits per heavy atom. The molecule has 0 radical (unpaired) electrons. The zero-order valence-corrected chi connectivity index (χ0v) is 30.5. The molecule has 3 aliphatic heterocycles. The topological polar surface area (TPSA) is 89.5 Å². The van der Waals surface area contributed by atoms with Crippen LogP contribution in [0.5, 0.6) is 11.8 Å². The summed E-state index contributed by atoms with van der Waals surface area (Å²) in [5, 5.41) is 0.600. The van der Waals surface area contributed by atoms with Crippen LogP contribution in [0.25, 0.3) is 10.9 Å². The van der Waals surface area contributed by atoms with Crippen molar-refractivity contribution in [3.8, 4) is 11.8 Å². The summed E-state index contributed by atoms with van der Waals surface area (Å²) >= 11 is 5.51. The highest BCUT2D eigenvalue weighted by Gasteiger charge is 2.48. The molecular formula is C31H42BrF3IN5O5. The molecule has 1 spiro atoms. The van der Waals surface area contributed by atoms with E-state index in [1.54, 1.807) is 4.90 Å². The van der Waals surface area contributed by atoms with Gasteiger partial charge in [-0.1, -0.05) is 0 Å². The molecule has 1 aromatic heterocycles. The number of piperidine rings is 2. The van der Waals surface area contributed by atoms with Crippen LogP contribution in [0, 0.1) is 8.99 Å². The number of carbonyl (C=O) groups is 1. The second-order valence-corrected chi connectivity index (χ2v) is 15.3.